The minimum atomic E-state index is -0.491. The molecule has 1 aromatic heterocycles. The highest BCUT2D eigenvalue weighted by Gasteiger charge is 2.33. The van der Waals surface area contributed by atoms with Gasteiger partial charge in [-0.25, -0.2) is 4.98 Å². The van der Waals surface area contributed by atoms with Crippen molar-refractivity contribution in [3.63, 3.8) is 0 Å². The average molecular weight is 327 g/mol. The molecule has 1 aromatic rings. The van der Waals surface area contributed by atoms with Crippen LogP contribution in [0.2, 0.25) is 0 Å². The molecule has 2 rings (SSSR count). The van der Waals surface area contributed by atoms with Crippen LogP contribution in [0.4, 0.5) is 11.5 Å². The van der Waals surface area contributed by atoms with Crippen molar-refractivity contribution >= 4 is 29.8 Å². The molecule has 0 spiro atoms. The molecule has 1 aliphatic heterocycles. The van der Waals surface area contributed by atoms with E-state index in [9.17, 15) is 4.79 Å². The van der Waals surface area contributed by atoms with Gasteiger partial charge >= 0.3 is 0 Å². The van der Waals surface area contributed by atoms with Crippen molar-refractivity contribution in [3.05, 3.63) is 18.3 Å². The molecule has 1 saturated heterocycles. The number of aromatic nitrogens is 1. The number of pyridine rings is 1. The van der Waals surface area contributed by atoms with Crippen LogP contribution in [-0.4, -0.2) is 30.5 Å². The van der Waals surface area contributed by atoms with E-state index in [0.717, 1.165) is 31.6 Å². The van der Waals surface area contributed by atoms with Gasteiger partial charge in [-0.15, -0.1) is 12.4 Å². The molecule has 0 unspecified atom stereocenters. The largest absolute Gasteiger partial charge is 0.370 e. The van der Waals surface area contributed by atoms with Crippen molar-refractivity contribution < 1.29 is 4.79 Å². The van der Waals surface area contributed by atoms with Gasteiger partial charge in [-0.05, 0) is 37.8 Å². The third-order valence-corrected chi connectivity index (χ3v) is 4.69. The van der Waals surface area contributed by atoms with Gasteiger partial charge in [0.25, 0.3) is 0 Å². The summed E-state index contributed by atoms with van der Waals surface area (Å²) in [6.45, 7) is 6.54. The second-order valence-electron chi connectivity index (χ2n) is 5.74. The fraction of sp³-hybridized carbons (Fsp3) is 0.625. The zero-order valence-electron chi connectivity index (χ0n) is 13.5. The van der Waals surface area contributed by atoms with E-state index in [0.29, 0.717) is 12.4 Å². The number of nitrogens with two attached hydrogens (primary N) is 1. The third-order valence-electron chi connectivity index (χ3n) is 4.69. The van der Waals surface area contributed by atoms with E-state index in [4.69, 9.17) is 5.73 Å². The number of hydrogen-bond donors (Lipinski definition) is 2. The van der Waals surface area contributed by atoms with Crippen molar-refractivity contribution in [2.75, 3.05) is 29.9 Å². The molecule has 0 bridgehead atoms. The van der Waals surface area contributed by atoms with Gasteiger partial charge in [-0.2, -0.15) is 0 Å². The number of carbonyl (C=O) groups excluding carboxylic acids is 1. The van der Waals surface area contributed by atoms with Crippen LogP contribution in [0.5, 0.6) is 0 Å². The van der Waals surface area contributed by atoms with Crippen molar-refractivity contribution in [2.45, 2.75) is 39.5 Å². The maximum Gasteiger partial charge on any atom is 0.233 e. The van der Waals surface area contributed by atoms with Crippen LogP contribution in [-0.2, 0) is 4.79 Å². The normalized spacial score (nSPS) is 14.6. The van der Waals surface area contributed by atoms with E-state index in [1.54, 1.807) is 0 Å². The van der Waals surface area contributed by atoms with E-state index in [1.165, 1.54) is 12.8 Å². The van der Waals surface area contributed by atoms with Gasteiger partial charge in [0.2, 0.25) is 5.91 Å². The molecular weight excluding hydrogens is 300 g/mol. The van der Waals surface area contributed by atoms with Crippen molar-refractivity contribution in [1.82, 2.24) is 4.98 Å². The van der Waals surface area contributed by atoms with Gasteiger partial charge in [0.1, 0.15) is 5.82 Å². The lowest BCUT2D eigenvalue weighted by Crippen LogP contribution is -2.41. The summed E-state index contributed by atoms with van der Waals surface area (Å²) in [5.74, 6) is 0.569. The Hall–Kier alpha value is -1.33. The number of nitrogens with one attached hydrogen (secondary N) is 1. The van der Waals surface area contributed by atoms with Gasteiger partial charge in [-0.3, -0.25) is 4.79 Å². The Bertz CT molecular complexity index is 459. The van der Waals surface area contributed by atoms with Crippen molar-refractivity contribution in [1.29, 1.82) is 0 Å². The highest BCUT2D eigenvalue weighted by molar-refractivity contribution is 5.94. The summed E-state index contributed by atoms with van der Waals surface area (Å²) in [6.07, 6.45) is 5.79. The van der Waals surface area contributed by atoms with E-state index < -0.39 is 5.41 Å². The summed E-state index contributed by atoms with van der Waals surface area (Å²) >= 11 is 0. The first-order valence-corrected chi connectivity index (χ1v) is 7.87. The number of halogens is 1. The quantitative estimate of drug-likeness (QED) is 0.843. The van der Waals surface area contributed by atoms with Gasteiger partial charge in [-0.1, -0.05) is 13.8 Å². The minimum Gasteiger partial charge on any atom is -0.370 e. The topological polar surface area (TPSA) is 71.2 Å². The maximum atomic E-state index is 12.4. The van der Waals surface area contributed by atoms with Crippen LogP contribution in [0.1, 0.15) is 39.5 Å². The minimum absolute atomic E-state index is 0. The van der Waals surface area contributed by atoms with Gasteiger partial charge in [0, 0.05) is 19.6 Å². The van der Waals surface area contributed by atoms with Crippen molar-refractivity contribution in [2.24, 2.45) is 11.1 Å². The van der Waals surface area contributed by atoms with E-state index in [1.807, 2.05) is 32.2 Å². The maximum absolute atomic E-state index is 12.4. The van der Waals surface area contributed by atoms with Crippen molar-refractivity contribution in [3.8, 4) is 0 Å². The predicted molar refractivity (Wildman–Crippen MR) is 93.6 cm³/mol. The molecule has 3 N–H and O–H groups in total. The second kappa shape index (κ2) is 8.34. The molecule has 1 fully saturated rings. The van der Waals surface area contributed by atoms with Crippen LogP contribution in [0.3, 0.4) is 0 Å². The summed E-state index contributed by atoms with van der Waals surface area (Å²) in [5, 5.41) is 2.90. The first-order chi connectivity index (χ1) is 10.1. The van der Waals surface area contributed by atoms with Gasteiger partial charge < -0.3 is 16.0 Å². The summed E-state index contributed by atoms with van der Waals surface area (Å²) in [7, 11) is 0. The van der Waals surface area contributed by atoms with Gasteiger partial charge in [0.05, 0.1) is 17.3 Å². The number of amides is 1. The molecule has 0 saturated carbocycles. The smallest absolute Gasteiger partial charge is 0.233 e. The summed E-state index contributed by atoms with van der Waals surface area (Å²) in [6, 6.07) is 3.90. The molecular formula is C16H27ClN4O. The zero-order chi connectivity index (χ0) is 15.3. The highest BCUT2D eigenvalue weighted by atomic mass is 35.5. The Labute approximate surface area is 139 Å². The monoisotopic (exact) mass is 326 g/mol. The Balaban J connectivity index is 0.00000242. The zero-order valence-corrected chi connectivity index (χ0v) is 14.3. The molecule has 22 heavy (non-hydrogen) atoms. The van der Waals surface area contributed by atoms with Crippen LogP contribution in [0.25, 0.3) is 0 Å². The lowest BCUT2D eigenvalue weighted by Gasteiger charge is -2.28. The Morgan fingerprint density at radius 1 is 1.32 bits per heavy atom. The molecule has 0 radical (unpaired) electrons. The van der Waals surface area contributed by atoms with Crippen LogP contribution in [0.15, 0.2) is 18.3 Å². The molecule has 2 heterocycles. The van der Waals surface area contributed by atoms with Crippen LogP contribution < -0.4 is 16.0 Å². The average Bonchev–Trinajstić information content (AvgIpc) is 3.05. The van der Waals surface area contributed by atoms with E-state index >= 15 is 0 Å². The Kier molecular flexibility index (Phi) is 7.10. The number of nitrogens with zero attached hydrogens (tertiary/aromatic N) is 2. The first-order valence-electron chi connectivity index (χ1n) is 7.87. The standard InChI is InChI=1S/C16H26N4O.ClH/c1-3-16(4-2,12-17)15(21)19-14-8-7-13(11-18-14)20-9-5-6-10-20;/h7-8,11H,3-6,9-10,12,17H2,1-2H3,(H,18,19,21);1H. The molecule has 0 aromatic carbocycles. The molecule has 0 aliphatic carbocycles. The van der Waals surface area contributed by atoms with E-state index in [2.05, 4.69) is 15.2 Å². The molecule has 5 nitrogen and oxygen atoms in total. The molecule has 124 valence electrons. The fourth-order valence-electron chi connectivity index (χ4n) is 2.82. The second-order valence-corrected chi connectivity index (χ2v) is 5.74. The molecule has 1 aliphatic rings. The number of hydrogen-bond acceptors (Lipinski definition) is 4. The van der Waals surface area contributed by atoms with Crippen LogP contribution in [0, 0.1) is 5.41 Å². The Morgan fingerprint density at radius 2 is 1.95 bits per heavy atom. The van der Waals surface area contributed by atoms with Crippen LogP contribution >= 0.6 is 12.4 Å². The number of rotatable bonds is 6. The fourth-order valence-corrected chi connectivity index (χ4v) is 2.82. The molecule has 6 heteroatoms. The summed E-state index contributed by atoms with van der Waals surface area (Å²) < 4.78 is 0. The lowest BCUT2D eigenvalue weighted by molar-refractivity contribution is -0.125. The molecule has 0 atom stereocenters. The summed E-state index contributed by atoms with van der Waals surface area (Å²) in [4.78, 5) is 19.1. The lowest BCUT2D eigenvalue weighted by atomic mass is 9.81. The first kappa shape index (κ1) is 18.7. The summed E-state index contributed by atoms with van der Waals surface area (Å²) in [5.41, 5.74) is 6.44. The molecule has 1 amide bonds. The highest BCUT2D eigenvalue weighted by Crippen LogP contribution is 2.27. The van der Waals surface area contributed by atoms with Gasteiger partial charge in [0.15, 0.2) is 0 Å². The van der Waals surface area contributed by atoms with E-state index in [-0.39, 0.29) is 18.3 Å². The number of carbonyl (C=O) groups is 1. The SMILES string of the molecule is CCC(CC)(CN)C(=O)Nc1ccc(N2CCCC2)cn1.Cl. The third kappa shape index (κ3) is 3.90. The Morgan fingerprint density at radius 3 is 2.41 bits per heavy atom. The number of anilines is 2. The predicted octanol–water partition coefficient (Wildman–Crippen LogP) is 2.81.